The molecule has 0 aliphatic heterocycles. The number of carbonyl (C=O) groups excluding carboxylic acids is 1. The summed E-state index contributed by atoms with van der Waals surface area (Å²) < 4.78 is 2.40. The first-order valence-corrected chi connectivity index (χ1v) is 7.19. The van der Waals surface area contributed by atoms with Crippen molar-refractivity contribution in [2.45, 2.75) is 6.92 Å². The van der Waals surface area contributed by atoms with Crippen LogP contribution in [-0.4, -0.2) is 15.2 Å². The van der Waals surface area contributed by atoms with E-state index in [0.717, 1.165) is 11.1 Å². The highest BCUT2D eigenvalue weighted by Crippen LogP contribution is 2.25. The minimum absolute atomic E-state index is 0.181. The van der Waals surface area contributed by atoms with Gasteiger partial charge in [0, 0.05) is 11.8 Å². The van der Waals surface area contributed by atoms with Gasteiger partial charge in [0.25, 0.3) is 0 Å². The molecule has 0 N–H and O–H groups in total. The van der Waals surface area contributed by atoms with Crippen LogP contribution in [0.1, 0.15) is 21.7 Å². The smallest absolute Gasteiger partial charge is 0.230 e. The quantitative estimate of drug-likeness (QED) is 0.647. The Morgan fingerprint density at radius 2 is 2.05 bits per heavy atom. The first-order valence-electron chi connectivity index (χ1n) is 6.02. The molecule has 0 saturated heterocycles. The summed E-state index contributed by atoms with van der Waals surface area (Å²) in [5, 5.41) is 0.443. The predicted octanol–water partition coefficient (Wildman–Crippen LogP) is 4.29. The summed E-state index contributed by atoms with van der Waals surface area (Å²) in [5.74, 6) is 0.170. The monoisotopic (exact) mass is 348 g/mol. The number of hydrogen-bond donors (Lipinski definition) is 0. The Bertz CT molecular complexity index is 806. The number of halogens is 2. The van der Waals surface area contributed by atoms with Gasteiger partial charge in [0.2, 0.25) is 5.78 Å². The zero-order valence-corrected chi connectivity index (χ0v) is 12.9. The molecule has 20 heavy (non-hydrogen) atoms. The molecule has 0 radical (unpaired) electrons. The largest absolute Gasteiger partial charge is 0.296 e. The number of pyridine rings is 1. The van der Waals surface area contributed by atoms with Crippen molar-refractivity contribution < 1.29 is 4.79 Å². The summed E-state index contributed by atoms with van der Waals surface area (Å²) in [6.45, 7) is 1.87. The van der Waals surface area contributed by atoms with E-state index in [-0.39, 0.29) is 5.78 Å². The number of carbonyl (C=O) groups is 1. The molecule has 100 valence electrons. The van der Waals surface area contributed by atoms with Gasteiger partial charge in [-0.15, -0.1) is 0 Å². The maximum absolute atomic E-state index is 12.7. The van der Waals surface area contributed by atoms with Crippen molar-refractivity contribution in [3.63, 3.8) is 0 Å². The third-order valence-corrected chi connectivity index (χ3v) is 4.05. The molecule has 3 nitrogen and oxygen atoms in total. The molecule has 0 atom stereocenters. The van der Waals surface area contributed by atoms with Gasteiger partial charge >= 0.3 is 0 Å². The second-order valence-electron chi connectivity index (χ2n) is 4.44. The van der Waals surface area contributed by atoms with E-state index in [9.17, 15) is 4.79 Å². The van der Waals surface area contributed by atoms with Crippen molar-refractivity contribution >= 4 is 38.8 Å². The molecule has 2 heterocycles. The summed E-state index contributed by atoms with van der Waals surface area (Å²) in [6, 6.07) is 11.1. The molecule has 5 heteroatoms. The third-order valence-electron chi connectivity index (χ3n) is 3.16. The Labute approximate surface area is 129 Å². The molecule has 0 aliphatic carbocycles. The second-order valence-corrected chi connectivity index (χ2v) is 5.60. The molecule has 3 aromatic rings. The van der Waals surface area contributed by atoms with Gasteiger partial charge in [0.15, 0.2) is 5.82 Å². The summed E-state index contributed by atoms with van der Waals surface area (Å²) >= 11 is 9.54. The normalized spacial score (nSPS) is 10.9. The maximum atomic E-state index is 12.7. The second kappa shape index (κ2) is 5.04. The maximum Gasteiger partial charge on any atom is 0.230 e. The van der Waals surface area contributed by atoms with Crippen molar-refractivity contribution in [2.75, 3.05) is 0 Å². The first kappa shape index (κ1) is 13.3. The predicted molar refractivity (Wildman–Crippen MR) is 82.5 cm³/mol. The first-order chi connectivity index (χ1) is 9.59. The number of fused-ring (bicyclic) bond motifs is 1. The topological polar surface area (TPSA) is 34.4 Å². The molecule has 3 rings (SSSR count). The lowest BCUT2D eigenvalue weighted by atomic mass is 10.0. The zero-order valence-electron chi connectivity index (χ0n) is 10.6. The van der Waals surface area contributed by atoms with Gasteiger partial charge in [-0.3, -0.25) is 9.20 Å². The van der Waals surface area contributed by atoms with Crippen molar-refractivity contribution in [3.05, 3.63) is 69.2 Å². The van der Waals surface area contributed by atoms with Gasteiger partial charge in [0.1, 0.15) is 4.60 Å². The third kappa shape index (κ3) is 2.05. The fraction of sp³-hybridized carbons (Fsp3) is 0.0667. The van der Waals surface area contributed by atoms with Crippen LogP contribution in [0.15, 0.2) is 47.2 Å². The molecule has 0 unspecified atom stereocenters. The Balaban J connectivity index is 2.24. The van der Waals surface area contributed by atoms with Crippen LogP contribution in [0.3, 0.4) is 0 Å². The van der Waals surface area contributed by atoms with E-state index < -0.39 is 0 Å². The molecule has 0 saturated carbocycles. The van der Waals surface area contributed by atoms with Gasteiger partial charge in [0.05, 0.1) is 10.5 Å². The van der Waals surface area contributed by atoms with Crippen molar-refractivity contribution in [1.82, 2.24) is 9.38 Å². The van der Waals surface area contributed by atoms with E-state index >= 15 is 0 Å². The highest BCUT2D eigenvalue weighted by molar-refractivity contribution is 9.10. The summed E-state index contributed by atoms with van der Waals surface area (Å²) in [7, 11) is 0. The fourth-order valence-electron chi connectivity index (χ4n) is 2.19. The lowest BCUT2D eigenvalue weighted by Crippen LogP contribution is -2.09. The van der Waals surface area contributed by atoms with Crippen LogP contribution in [0.2, 0.25) is 5.02 Å². The molecule has 0 bridgehead atoms. The van der Waals surface area contributed by atoms with Gasteiger partial charge in [-0.25, -0.2) is 4.98 Å². The van der Waals surface area contributed by atoms with Crippen molar-refractivity contribution in [1.29, 1.82) is 0 Å². The Morgan fingerprint density at radius 3 is 2.80 bits per heavy atom. The lowest BCUT2D eigenvalue weighted by Gasteiger charge is -2.06. The molecular weight excluding hydrogens is 340 g/mol. The highest BCUT2D eigenvalue weighted by atomic mass is 79.9. The molecule has 1 aromatic carbocycles. The average Bonchev–Trinajstić information content (AvgIpc) is 2.76. The van der Waals surface area contributed by atoms with Crippen LogP contribution in [0.5, 0.6) is 0 Å². The SMILES string of the molecule is Cc1cccc(Cl)c1C(=O)c1nc(Br)c2ccccn12. The van der Waals surface area contributed by atoms with E-state index in [1.807, 2.05) is 43.5 Å². The molecule has 2 aromatic heterocycles. The van der Waals surface area contributed by atoms with E-state index in [4.69, 9.17) is 11.6 Å². The summed E-state index contributed by atoms with van der Waals surface area (Å²) in [6.07, 6.45) is 1.81. The Kier molecular flexibility index (Phi) is 3.36. The van der Waals surface area contributed by atoms with Gasteiger partial charge in [-0.1, -0.05) is 29.8 Å². The number of hydrogen-bond acceptors (Lipinski definition) is 2. The van der Waals surface area contributed by atoms with Gasteiger partial charge < -0.3 is 0 Å². The molecular formula is C15H10BrClN2O. The number of rotatable bonds is 2. The van der Waals surface area contributed by atoms with Gasteiger partial charge in [-0.2, -0.15) is 0 Å². The van der Waals surface area contributed by atoms with Crippen molar-refractivity contribution in [3.8, 4) is 0 Å². The number of imidazole rings is 1. The fourth-order valence-corrected chi connectivity index (χ4v) is 2.99. The summed E-state index contributed by atoms with van der Waals surface area (Å²) in [5.41, 5.74) is 2.18. The number of benzene rings is 1. The van der Waals surface area contributed by atoms with E-state index in [1.54, 1.807) is 10.5 Å². The minimum Gasteiger partial charge on any atom is -0.296 e. The Morgan fingerprint density at radius 1 is 1.25 bits per heavy atom. The van der Waals surface area contributed by atoms with Crippen LogP contribution in [0.4, 0.5) is 0 Å². The highest BCUT2D eigenvalue weighted by Gasteiger charge is 2.21. The van der Waals surface area contributed by atoms with E-state index in [1.165, 1.54) is 0 Å². The zero-order chi connectivity index (χ0) is 14.3. The summed E-state index contributed by atoms with van der Waals surface area (Å²) in [4.78, 5) is 17.0. The van der Waals surface area contributed by atoms with Crippen LogP contribution < -0.4 is 0 Å². The molecule has 0 amide bonds. The van der Waals surface area contributed by atoms with Crippen LogP contribution in [-0.2, 0) is 0 Å². The Hall–Kier alpha value is -1.65. The number of aromatic nitrogens is 2. The molecule has 0 spiro atoms. The molecule has 0 fully saturated rings. The van der Waals surface area contributed by atoms with E-state index in [2.05, 4.69) is 20.9 Å². The number of nitrogens with zero attached hydrogens (tertiary/aromatic N) is 2. The lowest BCUT2D eigenvalue weighted by molar-refractivity contribution is 0.102. The van der Waals surface area contributed by atoms with Crippen molar-refractivity contribution in [2.24, 2.45) is 0 Å². The van der Waals surface area contributed by atoms with E-state index in [0.29, 0.717) is 21.0 Å². The minimum atomic E-state index is -0.181. The number of ketones is 1. The number of aryl methyl sites for hydroxylation is 1. The van der Waals surface area contributed by atoms with Crippen LogP contribution in [0, 0.1) is 6.92 Å². The molecule has 0 aliphatic rings. The van der Waals surface area contributed by atoms with Crippen LogP contribution >= 0.6 is 27.5 Å². The van der Waals surface area contributed by atoms with Crippen LogP contribution in [0.25, 0.3) is 5.52 Å². The standard InChI is InChI=1S/C15H10BrClN2O/c1-9-5-4-6-10(17)12(9)13(20)15-18-14(16)11-7-2-3-8-19(11)15/h2-8H,1H3. The average molecular weight is 350 g/mol. The van der Waals surface area contributed by atoms with Gasteiger partial charge in [-0.05, 0) is 46.6 Å².